The first-order valence-electron chi connectivity index (χ1n) is 4.97. The smallest absolute Gasteiger partial charge is 0.326 e. The first-order chi connectivity index (χ1) is 8.40. The van der Waals surface area contributed by atoms with Crippen molar-refractivity contribution >= 4 is 34.5 Å². The summed E-state index contributed by atoms with van der Waals surface area (Å²) >= 11 is 2.05. The maximum absolute atomic E-state index is 12.1. The van der Waals surface area contributed by atoms with Crippen LogP contribution >= 0.6 is 22.6 Å². The van der Waals surface area contributed by atoms with Crippen molar-refractivity contribution in [1.82, 2.24) is 5.32 Å². The van der Waals surface area contributed by atoms with E-state index in [0.717, 1.165) is 3.57 Å². The molecule has 1 amide bonds. The molecule has 0 fully saturated rings. The van der Waals surface area contributed by atoms with Crippen molar-refractivity contribution in [2.75, 3.05) is 0 Å². The number of carbonyl (C=O) groups is 2. The van der Waals surface area contributed by atoms with Gasteiger partial charge in [-0.2, -0.15) is 0 Å². The third-order valence-electron chi connectivity index (χ3n) is 2.12. The van der Waals surface area contributed by atoms with E-state index in [1.165, 1.54) is 12.1 Å². The normalized spacial score (nSPS) is 12.2. The van der Waals surface area contributed by atoms with Gasteiger partial charge in [-0.05, 0) is 46.9 Å². The Kier molecular flexibility index (Phi) is 5.45. The summed E-state index contributed by atoms with van der Waals surface area (Å²) in [7, 11) is 0. The number of carboxylic acids is 1. The Morgan fingerprint density at radius 3 is 2.28 bits per heavy atom. The molecular weight excluding hydrogens is 359 g/mol. The molecule has 0 radical (unpaired) electrons. The van der Waals surface area contributed by atoms with E-state index in [4.69, 9.17) is 5.11 Å². The van der Waals surface area contributed by atoms with Crippen molar-refractivity contribution in [3.05, 3.63) is 33.4 Å². The monoisotopic (exact) mass is 369 g/mol. The highest BCUT2D eigenvalue weighted by molar-refractivity contribution is 14.1. The number of alkyl halides is 2. The molecular formula is C11H10F2INO3. The summed E-state index contributed by atoms with van der Waals surface area (Å²) in [5.74, 6) is -2.16. The minimum absolute atomic E-state index is 0.232. The zero-order valence-corrected chi connectivity index (χ0v) is 11.2. The van der Waals surface area contributed by atoms with Crippen molar-refractivity contribution in [1.29, 1.82) is 0 Å². The number of hydrogen-bond acceptors (Lipinski definition) is 2. The number of aliphatic carboxylic acids is 1. The van der Waals surface area contributed by atoms with Gasteiger partial charge < -0.3 is 10.4 Å². The highest BCUT2D eigenvalue weighted by Gasteiger charge is 2.24. The SMILES string of the molecule is O=C(NC(CC(F)F)C(=O)O)c1ccc(I)cc1. The van der Waals surface area contributed by atoms with Crippen molar-refractivity contribution in [2.24, 2.45) is 0 Å². The van der Waals surface area contributed by atoms with Crippen molar-refractivity contribution in [2.45, 2.75) is 18.9 Å². The van der Waals surface area contributed by atoms with Gasteiger partial charge in [0.15, 0.2) is 0 Å². The first-order valence-corrected chi connectivity index (χ1v) is 6.05. The van der Waals surface area contributed by atoms with Gasteiger partial charge >= 0.3 is 5.97 Å². The molecule has 0 spiro atoms. The predicted molar refractivity (Wildman–Crippen MR) is 68.7 cm³/mol. The number of halogens is 3. The maximum Gasteiger partial charge on any atom is 0.326 e. The molecule has 0 heterocycles. The summed E-state index contributed by atoms with van der Waals surface area (Å²) in [6, 6.07) is 4.74. The summed E-state index contributed by atoms with van der Waals surface area (Å²) in [6.45, 7) is 0. The number of hydrogen-bond donors (Lipinski definition) is 2. The average Bonchev–Trinajstić information content (AvgIpc) is 2.28. The van der Waals surface area contributed by atoms with Gasteiger partial charge in [-0.25, -0.2) is 13.6 Å². The second-order valence-electron chi connectivity index (χ2n) is 3.50. The molecule has 0 aliphatic carbocycles. The molecule has 0 saturated carbocycles. The summed E-state index contributed by atoms with van der Waals surface area (Å²) in [5, 5.41) is 10.8. The van der Waals surface area contributed by atoms with Crippen LogP contribution in [0.4, 0.5) is 8.78 Å². The fourth-order valence-corrected chi connectivity index (χ4v) is 1.60. The van der Waals surface area contributed by atoms with Crippen LogP contribution in [-0.4, -0.2) is 29.5 Å². The molecule has 18 heavy (non-hydrogen) atoms. The van der Waals surface area contributed by atoms with Crippen molar-refractivity contribution < 1.29 is 23.5 Å². The van der Waals surface area contributed by atoms with Gasteiger partial charge in [0, 0.05) is 15.6 Å². The molecule has 1 aromatic carbocycles. The minimum Gasteiger partial charge on any atom is -0.480 e. The van der Waals surface area contributed by atoms with E-state index >= 15 is 0 Å². The molecule has 0 aliphatic rings. The van der Waals surface area contributed by atoms with Gasteiger partial charge in [0.1, 0.15) is 6.04 Å². The fourth-order valence-electron chi connectivity index (χ4n) is 1.24. The molecule has 1 atom stereocenters. The Balaban J connectivity index is 2.72. The van der Waals surface area contributed by atoms with Crippen LogP contribution in [0.15, 0.2) is 24.3 Å². The Labute approximate surface area is 116 Å². The third kappa shape index (κ3) is 4.55. The number of nitrogens with one attached hydrogen (secondary N) is 1. The van der Waals surface area contributed by atoms with Gasteiger partial charge in [0.05, 0.1) is 0 Å². The number of rotatable bonds is 5. The van der Waals surface area contributed by atoms with E-state index in [2.05, 4.69) is 5.32 Å². The summed E-state index contributed by atoms with van der Waals surface area (Å²) in [5.41, 5.74) is 0.232. The molecule has 7 heteroatoms. The molecule has 1 unspecified atom stereocenters. The van der Waals surface area contributed by atoms with E-state index in [9.17, 15) is 18.4 Å². The molecule has 0 saturated heterocycles. The zero-order chi connectivity index (χ0) is 13.7. The lowest BCUT2D eigenvalue weighted by Crippen LogP contribution is -2.42. The predicted octanol–water partition coefficient (Wildman–Crippen LogP) is 2.13. The van der Waals surface area contributed by atoms with Crippen LogP contribution in [0.3, 0.4) is 0 Å². The minimum atomic E-state index is -2.79. The molecule has 0 aromatic heterocycles. The average molecular weight is 369 g/mol. The molecule has 1 rings (SSSR count). The Morgan fingerprint density at radius 2 is 1.83 bits per heavy atom. The van der Waals surface area contributed by atoms with E-state index < -0.39 is 30.8 Å². The fraction of sp³-hybridized carbons (Fsp3) is 0.273. The Morgan fingerprint density at radius 1 is 1.28 bits per heavy atom. The molecule has 98 valence electrons. The largest absolute Gasteiger partial charge is 0.480 e. The Hall–Kier alpha value is -1.25. The van der Waals surface area contributed by atoms with Gasteiger partial charge in [0.25, 0.3) is 5.91 Å². The molecule has 4 nitrogen and oxygen atoms in total. The van der Waals surface area contributed by atoms with E-state index in [0.29, 0.717) is 0 Å². The second-order valence-corrected chi connectivity index (χ2v) is 4.74. The van der Waals surface area contributed by atoms with Crippen molar-refractivity contribution in [3.63, 3.8) is 0 Å². The van der Waals surface area contributed by atoms with Gasteiger partial charge in [-0.1, -0.05) is 0 Å². The van der Waals surface area contributed by atoms with E-state index in [1.807, 2.05) is 22.6 Å². The topological polar surface area (TPSA) is 66.4 Å². The quantitative estimate of drug-likeness (QED) is 0.782. The van der Waals surface area contributed by atoms with E-state index in [1.54, 1.807) is 12.1 Å². The number of benzene rings is 1. The lowest BCUT2D eigenvalue weighted by atomic mass is 10.1. The van der Waals surface area contributed by atoms with E-state index in [-0.39, 0.29) is 5.56 Å². The maximum atomic E-state index is 12.1. The van der Waals surface area contributed by atoms with Gasteiger partial charge in [-0.3, -0.25) is 4.79 Å². The Bertz CT molecular complexity index is 436. The summed E-state index contributed by atoms with van der Waals surface area (Å²) in [6.07, 6.45) is -3.70. The van der Waals surface area contributed by atoms with Crippen LogP contribution < -0.4 is 5.32 Å². The van der Waals surface area contributed by atoms with Crippen LogP contribution in [0.2, 0.25) is 0 Å². The highest BCUT2D eigenvalue weighted by Crippen LogP contribution is 2.09. The van der Waals surface area contributed by atoms with Crippen LogP contribution in [0.1, 0.15) is 16.8 Å². The van der Waals surface area contributed by atoms with Crippen molar-refractivity contribution in [3.8, 4) is 0 Å². The van der Waals surface area contributed by atoms with Crippen LogP contribution in [0.25, 0.3) is 0 Å². The molecule has 1 aromatic rings. The summed E-state index contributed by atoms with van der Waals surface area (Å²) in [4.78, 5) is 22.3. The second kappa shape index (κ2) is 6.62. The van der Waals surface area contributed by atoms with Gasteiger partial charge in [0.2, 0.25) is 6.43 Å². The standard InChI is InChI=1S/C11H10F2INO3/c12-9(13)5-8(11(17)18)15-10(16)6-1-3-7(14)4-2-6/h1-4,8-9H,5H2,(H,15,16)(H,17,18). The number of carboxylic acid groups (broad SMARTS) is 1. The highest BCUT2D eigenvalue weighted by atomic mass is 127. The van der Waals surface area contributed by atoms with Crippen LogP contribution in [-0.2, 0) is 4.79 Å². The number of amides is 1. The lowest BCUT2D eigenvalue weighted by molar-refractivity contribution is -0.140. The lowest BCUT2D eigenvalue weighted by Gasteiger charge is -2.13. The number of carbonyl (C=O) groups excluding carboxylic acids is 1. The summed E-state index contributed by atoms with van der Waals surface area (Å²) < 4.78 is 25.2. The first kappa shape index (κ1) is 14.8. The third-order valence-corrected chi connectivity index (χ3v) is 2.84. The molecule has 0 bridgehead atoms. The van der Waals surface area contributed by atoms with Crippen LogP contribution in [0, 0.1) is 3.57 Å². The zero-order valence-electron chi connectivity index (χ0n) is 9.07. The van der Waals surface area contributed by atoms with Gasteiger partial charge in [-0.15, -0.1) is 0 Å². The molecule has 2 N–H and O–H groups in total. The molecule has 0 aliphatic heterocycles. The van der Waals surface area contributed by atoms with Crippen LogP contribution in [0.5, 0.6) is 0 Å².